The minimum absolute atomic E-state index is 0.0283. The summed E-state index contributed by atoms with van der Waals surface area (Å²) in [6.45, 7) is 1.96. The number of hydrogen-bond donors (Lipinski definition) is 2. The van der Waals surface area contributed by atoms with Crippen molar-refractivity contribution in [3.05, 3.63) is 47.8 Å². The summed E-state index contributed by atoms with van der Waals surface area (Å²) in [4.78, 5) is 12.7. The molecule has 2 unspecified atom stereocenters. The van der Waals surface area contributed by atoms with Gasteiger partial charge in [0.25, 0.3) is 5.91 Å². The van der Waals surface area contributed by atoms with E-state index in [1.54, 1.807) is 0 Å². The molecule has 4 rings (SSSR count). The number of benzene rings is 1. The van der Waals surface area contributed by atoms with Gasteiger partial charge in [-0.05, 0) is 74.8 Å². The first-order chi connectivity index (χ1) is 12.1. The summed E-state index contributed by atoms with van der Waals surface area (Å²) in [6, 6.07) is 10.2. The van der Waals surface area contributed by atoms with Crippen LogP contribution in [0.1, 0.15) is 48.2 Å². The van der Waals surface area contributed by atoms with Gasteiger partial charge in [-0.1, -0.05) is 6.42 Å². The minimum Gasteiger partial charge on any atom is -0.349 e. The lowest BCUT2D eigenvalue weighted by Crippen LogP contribution is -2.53. The Bertz CT molecular complexity index is 737. The maximum atomic E-state index is 12.7. The molecule has 2 saturated carbocycles. The van der Waals surface area contributed by atoms with Crippen LogP contribution in [0.3, 0.4) is 0 Å². The molecular formula is C20H26N4O. The van der Waals surface area contributed by atoms with E-state index in [9.17, 15) is 4.79 Å². The zero-order chi connectivity index (χ0) is 17.4. The Balaban J connectivity index is 1.46. The zero-order valence-corrected chi connectivity index (χ0v) is 14.7. The average Bonchev–Trinajstić information content (AvgIpc) is 3.02. The normalized spacial score (nSPS) is 28.6. The molecule has 25 heavy (non-hydrogen) atoms. The maximum absolute atomic E-state index is 12.7. The first-order valence-electron chi connectivity index (χ1n) is 9.29. The predicted octanol–water partition coefficient (Wildman–Crippen LogP) is 2.82. The van der Waals surface area contributed by atoms with E-state index in [4.69, 9.17) is 5.73 Å². The second-order valence-electron chi connectivity index (χ2n) is 7.63. The van der Waals surface area contributed by atoms with Gasteiger partial charge in [-0.3, -0.25) is 4.79 Å². The third kappa shape index (κ3) is 3.33. The summed E-state index contributed by atoms with van der Waals surface area (Å²) in [5.41, 5.74) is 8.83. The van der Waals surface area contributed by atoms with Crippen LogP contribution in [0.4, 0.5) is 0 Å². The number of rotatable bonds is 3. The molecule has 0 saturated heterocycles. The van der Waals surface area contributed by atoms with Crippen molar-refractivity contribution in [2.24, 2.45) is 17.6 Å². The molecule has 2 fully saturated rings. The number of amides is 1. The van der Waals surface area contributed by atoms with Crippen molar-refractivity contribution < 1.29 is 4.79 Å². The fourth-order valence-electron chi connectivity index (χ4n) is 4.58. The summed E-state index contributed by atoms with van der Waals surface area (Å²) >= 11 is 0. The van der Waals surface area contributed by atoms with Gasteiger partial charge in [0.1, 0.15) is 0 Å². The van der Waals surface area contributed by atoms with Crippen molar-refractivity contribution in [2.45, 2.75) is 51.1 Å². The van der Waals surface area contributed by atoms with Crippen LogP contribution >= 0.6 is 0 Å². The van der Waals surface area contributed by atoms with Crippen LogP contribution in [-0.4, -0.2) is 27.8 Å². The van der Waals surface area contributed by atoms with Crippen molar-refractivity contribution in [2.75, 3.05) is 0 Å². The van der Waals surface area contributed by atoms with E-state index in [1.807, 2.05) is 48.1 Å². The van der Waals surface area contributed by atoms with Gasteiger partial charge in [0.05, 0.1) is 11.4 Å². The molecule has 1 heterocycles. The topological polar surface area (TPSA) is 72.9 Å². The Morgan fingerprint density at radius 3 is 2.44 bits per heavy atom. The van der Waals surface area contributed by atoms with Gasteiger partial charge in [0, 0.05) is 23.8 Å². The van der Waals surface area contributed by atoms with Gasteiger partial charge < -0.3 is 11.1 Å². The lowest BCUT2D eigenvalue weighted by atomic mass is 9.67. The van der Waals surface area contributed by atoms with Crippen LogP contribution in [0, 0.1) is 18.8 Å². The number of fused-ring (bicyclic) bond motifs is 2. The number of nitrogens with one attached hydrogen (secondary N) is 1. The van der Waals surface area contributed by atoms with E-state index in [-0.39, 0.29) is 11.9 Å². The summed E-state index contributed by atoms with van der Waals surface area (Å²) in [5, 5.41) is 7.70. The van der Waals surface area contributed by atoms with Crippen molar-refractivity contribution in [3.63, 3.8) is 0 Å². The molecule has 2 aromatic rings. The minimum atomic E-state index is 0.0283. The lowest BCUT2D eigenvalue weighted by Gasteiger charge is -2.45. The molecule has 2 aliphatic rings. The van der Waals surface area contributed by atoms with E-state index >= 15 is 0 Å². The van der Waals surface area contributed by atoms with Crippen LogP contribution < -0.4 is 11.1 Å². The summed E-state index contributed by atoms with van der Waals surface area (Å²) < 4.78 is 1.82. The van der Waals surface area contributed by atoms with E-state index in [0.717, 1.165) is 24.2 Å². The van der Waals surface area contributed by atoms with Crippen molar-refractivity contribution in [1.82, 2.24) is 15.1 Å². The molecule has 2 atom stereocenters. The third-order valence-electron chi connectivity index (χ3n) is 5.79. The fourth-order valence-corrected chi connectivity index (χ4v) is 4.58. The molecule has 0 radical (unpaired) electrons. The van der Waals surface area contributed by atoms with Gasteiger partial charge >= 0.3 is 0 Å². The number of hydrogen-bond acceptors (Lipinski definition) is 3. The van der Waals surface area contributed by atoms with E-state index in [2.05, 4.69) is 10.4 Å². The summed E-state index contributed by atoms with van der Waals surface area (Å²) in [6.07, 6.45) is 7.65. The molecular weight excluding hydrogens is 312 g/mol. The van der Waals surface area contributed by atoms with Gasteiger partial charge in [-0.15, -0.1) is 0 Å². The van der Waals surface area contributed by atoms with Crippen LogP contribution in [0.5, 0.6) is 0 Å². The molecule has 5 heteroatoms. The number of nitrogens with zero attached hydrogens (tertiary/aromatic N) is 2. The fraction of sp³-hybridized carbons (Fsp3) is 0.500. The Morgan fingerprint density at radius 2 is 1.84 bits per heavy atom. The monoisotopic (exact) mass is 338 g/mol. The zero-order valence-electron chi connectivity index (χ0n) is 14.7. The number of aryl methyl sites for hydroxylation is 1. The standard InChI is InChI=1S/C20H26N4O/c1-13-9-10-24(23-13)18-7-5-14(6-8-18)20(25)22-19-15-3-2-4-16(19)12-17(21)11-15/h5-10,15-17,19H,2-4,11-12,21H2,1H3,(H,22,25). The molecule has 5 nitrogen and oxygen atoms in total. The quantitative estimate of drug-likeness (QED) is 0.904. The second-order valence-corrected chi connectivity index (χ2v) is 7.63. The van der Waals surface area contributed by atoms with Crippen molar-refractivity contribution >= 4 is 5.91 Å². The molecule has 2 bridgehead atoms. The lowest BCUT2D eigenvalue weighted by molar-refractivity contribution is 0.0756. The molecule has 1 aromatic heterocycles. The molecule has 0 spiro atoms. The molecule has 0 aliphatic heterocycles. The average molecular weight is 338 g/mol. The van der Waals surface area contributed by atoms with E-state index in [1.165, 1.54) is 19.3 Å². The predicted molar refractivity (Wildman–Crippen MR) is 97.6 cm³/mol. The number of carbonyl (C=O) groups is 1. The molecule has 132 valence electrons. The molecule has 3 N–H and O–H groups in total. The SMILES string of the molecule is Cc1ccn(-c2ccc(C(=O)NC3C4CCCC3CC(N)C4)cc2)n1. The Labute approximate surface area is 148 Å². The van der Waals surface area contributed by atoms with Gasteiger partial charge in [-0.25, -0.2) is 4.68 Å². The summed E-state index contributed by atoms with van der Waals surface area (Å²) in [5.74, 6) is 1.11. The van der Waals surface area contributed by atoms with E-state index in [0.29, 0.717) is 23.4 Å². The highest BCUT2D eigenvalue weighted by Crippen LogP contribution is 2.39. The molecule has 1 amide bonds. The third-order valence-corrected chi connectivity index (χ3v) is 5.79. The Kier molecular flexibility index (Phi) is 4.34. The maximum Gasteiger partial charge on any atom is 0.251 e. The van der Waals surface area contributed by atoms with Crippen molar-refractivity contribution in [3.8, 4) is 5.69 Å². The van der Waals surface area contributed by atoms with Gasteiger partial charge in [0.15, 0.2) is 0 Å². The first-order valence-corrected chi connectivity index (χ1v) is 9.29. The van der Waals surface area contributed by atoms with Crippen LogP contribution in [0.25, 0.3) is 5.69 Å². The highest BCUT2D eigenvalue weighted by molar-refractivity contribution is 5.94. The molecule has 2 aliphatic carbocycles. The Morgan fingerprint density at radius 1 is 1.16 bits per heavy atom. The van der Waals surface area contributed by atoms with Crippen LogP contribution in [-0.2, 0) is 0 Å². The van der Waals surface area contributed by atoms with Gasteiger partial charge in [-0.2, -0.15) is 5.10 Å². The Hall–Kier alpha value is -2.14. The number of aromatic nitrogens is 2. The first kappa shape index (κ1) is 16.3. The highest BCUT2D eigenvalue weighted by atomic mass is 16.1. The van der Waals surface area contributed by atoms with Gasteiger partial charge in [0.2, 0.25) is 0 Å². The van der Waals surface area contributed by atoms with Crippen molar-refractivity contribution in [1.29, 1.82) is 0 Å². The molecule has 1 aromatic carbocycles. The van der Waals surface area contributed by atoms with Crippen LogP contribution in [0.15, 0.2) is 36.5 Å². The van der Waals surface area contributed by atoms with Crippen LogP contribution in [0.2, 0.25) is 0 Å². The highest BCUT2D eigenvalue weighted by Gasteiger charge is 2.39. The second kappa shape index (κ2) is 6.64. The number of carbonyl (C=O) groups excluding carboxylic acids is 1. The summed E-state index contributed by atoms with van der Waals surface area (Å²) in [7, 11) is 0. The van der Waals surface area contributed by atoms with E-state index < -0.39 is 0 Å². The number of nitrogens with two attached hydrogens (primary N) is 1. The largest absolute Gasteiger partial charge is 0.349 e. The smallest absolute Gasteiger partial charge is 0.251 e.